The summed E-state index contributed by atoms with van der Waals surface area (Å²) in [6, 6.07) is 6.85. The Balaban J connectivity index is 2.05. The van der Waals surface area contributed by atoms with Crippen molar-refractivity contribution < 1.29 is 4.79 Å². The molecule has 1 aliphatic carbocycles. The van der Waals surface area contributed by atoms with Crippen molar-refractivity contribution in [3.63, 3.8) is 0 Å². The van der Waals surface area contributed by atoms with Crippen LogP contribution in [0.2, 0.25) is 0 Å². The minimum Gasteiger partial charge on any atom is -0.326 e. The van der Waals surface area contributed by atoms with E-state index in [1.54, 1.807) is 0 Å². The summed E-state index contributed by atoms with van der Waals surface area (Å²) in [4.78, 5) is 14.0. The van der Waals surface area contributed by atoms with Gasteiger partial charge in [0.1, 0.15) is 0 Å². The largest absolute Gasteiger partial charge is 0.326 e. The number of nitrogens with zero attached hydrogens (tertiary/aromatic N) is 1. The average molecular weight is 230 g/mol. The number of hydrogen-bond acceptors (Lipinski definition) is 2. The third kappa shape index (κ3) is 1.75. The van der Waals surface area contributed by atoms with Gasteiger partial charge in [-0.3, -0.25) is 4.79 Å². The molecule has 1 aliphatic heterocycles. The predicted octanol–water partition coefficient (Wildman–Crippen LogP) is 1.99. The lowest BCUT2D eigenvalue weighted by Crippen LogP contribution is -2.38. The van der Waals surface area contributed by atoms with Crippen molar-refractivity contribution in [1.82, 2.24) is 4.90 Å². The van der Waals surface area contributed by atoms with Gasteiger partial charge < -0.3 is 10.2 Å². The van der Waals surface area contributed by atoms with Gasteiger partial charge in [0.05, 0.1) is 0 Å². The number of benzene rings is 1. The fourth-order valence-corrected chi connectivity index (χ4v) is 3.17. The molecule has 0 bridgehead atoms. The van der Waals surface area contributed by atoms with Crippen LogP contribution in [0.3, 0.4) is 0 Å². The lowest BCUT2D eigenvalue weighted by molar-refractivity contribution is -0.117. The van der Waals surface area contributed by atoms with E-state index in [9.17, 15) is 4.79 Å². The molecule has 2 aliphatic rings. The summed E-state index contributed by atoms with van der Waals surface area (Å²) >= 11 is 0. The number of likely N-dealkylation sites (N-methyl/N-ethyl adjacent to an activating group) is 1. The lowest BCUT2D eigenvalue weighted by atomic mass is 9.75. The Morgan fingerprint density at radius 3 is 2.88 bits per heavy atom. The summed E-state index contributed by atoms with van der Waals surface area (Å²) in [5.74, 6) is 0.579. The highest BCUT2D eigenvalue weighted by Crippen LogP contribution is 2.42. The summed E-state index contributed by atoms with van der Waals surface area (Å²) in [6.07, 6.45) is 2.85. The molecule has 1 aromatic carbocycles. The molecule has 1 amide bonds. The lowest BCUT2D eigenvalue weighted by Gasteiger charge is -2.38. The first kappa shape index (κ1) is 10.8. The molecule has 3 heteroatoms. The number of rotatable bonds is 1. The number of carbonyl (C=O) groups excluding carboxylic acids is 1. The van der Waals surface area contributed by atoms with Crippen molar-refractivity contribution in [1.29, 1.82) is 0 Å². The number of hydrogen-bond donors (Lipinski definition) is 1. The maximum atomic E-state index is 11.7. The van der Waals surface area contributed by atoms with Crippen LogP contribution in [0.5, 0.6) is 0 Å². The van der Waals surface area contributed by atoms with E-state index >= 15 is 0 Å². The summed E-state index contributed by atoms with van der Waals surface area (Å²) in [6.45, 7) is 0. The van der Waals surface area contributed by atoms with Gasteiger partial charge in [0.25, 0.3) is 0 Å². The van der Waals surface area contributed by atoms with Crippen molar-refractivity contribution in [2.75, 3.05) is 19.4 Å². The first-order valence-electron chi connectivity index (χ1n) is 6.23. The van der Waals surface area contributed by atoms with E-state index in [-0.39, 0.29) is 5.91 Å². The van der Waals surface area contributed by atoms with Gasteiger partial charge in [0, 0.05) is 18.2 Å². The molecule has 0 spiro atoms. The molecule has 0 fully saturated rings. The van der Waals surface area contributed by atoms with Crippen LogP contribution in [-0.2, 0) is 11.2 Å². The Morgan fingerprint density at radius 1 is 1.29 bits per heavy atom. The van der Waals surface area contributed by atoms with Gasteiger partial charge >= 0.3 is 0 Å². The van der Waals surface area contributed by atoms with Crippen molar-refractivity contribution in [2.24, 2.45) is 0 Å². The molecule has 0 aromatic heterocycles. The van der Waals surface area contributed by atoms with Crippen molar-refractivity contribution >= 4 is 11.6 Å². The van der Waals surface area contributed by atoms with Crippen molar-refractivity contribution in [2.45, 2.75) is 31.2 Å². The third-order valence-electron chi connectivity index (χ3n) is 4.05. The summed E-state index contributed by atoms with van der Waals surface area (Å²) in [5.41, 5.74) is 3.85. The zero-order chi connectivity index (χ0) is 12.0. The first-order chi connectivity index (χ1) is 8.15. The highest BCUT2D eigenvalue weighted by Gasteiger charge is 2.34. The van der Waals surface area contributed by atoms with Gasteiger partial charge in [-0.25, -0.2) is 0 Å². The smallest absolute Gasteiger partial charge is 0.224 e. The molecule has 1 heterocycles. The molecular weight excluding hydrogens is 212 g/mol. The Labute approximate surface area is 102 Å². The third-order valence-corrected chi connectivity index (χ3v) is 4.05. The second kappa shape index (κ2) is 3.84. The van der Waals surface area contributed by atoms with Gasteiger partial charge in [-0.2, -0.15) is 0 Å². The van der Waals surface area contributed by atoms with Gasteiger partial charge in [-0.05, 0) is 50.0 Å². The highest BCUT2D eigenvalue weighted by atomic mass is 16.1. The van der Waals surface area contributed by atoms with E-state index in [1.165, 1.54) is 11.1 Å². The van der Waals surface area contributed by atoms with Crippen LogP contribution in [0.4, 0.5) is 5.69 Å². The van der Waals surface area contributed by atoms with E-state index in [0.29, 0.717) is 18.4 Å². The Kier molecular flexibility index (Phi) is 2.44. The van der Waals surface area contributed by atoms with Gasteiger partial charge in [0.15, 0.2) is 0 Å². The van der Waals surface area contributed by atoms with Gasteiger partial charge in [0.2, 0.25) is 5.91 Å². The fourth-order valence-electron chi connectivity index (χ4n) is 3.17. The van der Waals surface area contributed by atoms with Gasteiger partial charge in [-0.15, -0.1) is 0 Å². The van der Waals surface area contributed by atoms with Gasteiger partial charge in [-0.1, -0.05) is 12.1 Å². The molecule has 1 N–H and O–H groups in total. The number of nitrogens with one attached hydrogen (secondary N) is 1. The quantitative estimate of drug-likeness (QED) is 0.800. The zero-order valence-corrected chi connectivity index (χ0v) is 10.4. The van der Waals surface area contributed by atoms with Crippen LogP contribution in [0.1, 0.15) is 29.9 Å². The Bertz CT molecular complexity index is 467. The minimum atomic E-state index is 0.166. The Morgan fingerprint density at radius 2 is 2.12 bits per heavy atom. The summed E-state index contributed by atoms with van der Waals surface area (Å²) in [7, 11) is 4.25. The predicted molar refractivity (Wildman–Crippen MR) is 68.2 cm³/mol. The van der Waals surface area contributed by atoms with Crippen LogP contribution < -0.4 is 5.32 Å². The number of anilines is 1. The minimum absolute atomic E-state index is 0.166. The highest BCUT2D eigenvalue weighted by molar-refractivity contribution is 5.95. The SMILES string of the molecule is CN(C)[C@@H]1Cc2cccc3c2[C@H](CC(=O)N3)C1. The molecule has 1 aromatic rings. The van der Waals surface area contributed by atoms with Crippen molar-refractivity contribution in [3.05, 3.63) is 29.3 Å². The fraction of sp³-hybridized carbons (Fsp3) is 0.500. The molecular formula is C14H18N2O. The van der Waals surface area contributed by atoms with Crippen LogP contribution in [0.15, 0.2) is 18.2 Å². The van der Waals surface area contributed by atoms with E-state index in [4.69, 9.17) is 0 Å². The molecule has 0 saturated carbocycles. The number of amides is 1. The molecule has 0 radical (unpaired) electrons. The average Bonchev–Trinajstić information content (AvgIpc) is 2.28. The van der Waals surface area contributed by atoms with Crippen LogP contribution in [-0.4, -0.2) is 30.9 Å². The summed E-state index contributed by atoms with van der Waals surface area (Å²) in [5, 5.41) is 2.99. The van der Waals surface area contributed by atoms with Crippen LogP contribution in [0.25, 0.3) is 0 Å². The topological polar surface area (TPSA) is 32.3 Å². The molecule has 90 valence electrons. The summed E-state index contributed by atoms with van der Waals surface area (Å²) < 4.78 is 0. The van der Waals surface area contributed by atoms with E-state index in [2.05, 4.69) is 36.4 Å². The molecule has 0 saturated heterocycles. The maximum Gasteiger partial charge on any atom is 0.224 e. The first-order valence-corrected chi connectivity index (χ1v) is 6.23. The molecule has 2 atom stereocenters. The zero-order valence-electron chi connectivity index (χ0n) is 10.4. The molecule has 0 unspecified atom stereocenters. The maximum absolute atomic E-state index is 11.7. The molecule has 3 nitrogen and oxygen atoms in total. The van der Waals surface area contributed by atoms with E-state index in [1.807, 2.05) is 6.07 Å². The van der Waals surface area contributed by atoms with Crippen LogP contribution in [0, 0.1) is 0 Å². The van der Waals surface area contributed by atoms with E-state index in [0.717, 1.165) is 18.5 Å². The number of carbonyl (C=O) groups is 1. The second-order valence-electron chi connectivity index (χ2n) is 5.38. The molecule has 3 rings (SSSR count). The standard InChI is InChI=1S/C14H18N2O/c1-16(2)11-6-9-4-3-5-12-14(9)10(7-11)8-13(17)15-12/h3-5,10-11H,6-8H2,1-2H3,(H,15,17)/t10-,11+/m0/s1. The monoisotopic (exact) mass is 230 g/mol. The van der Waals surface area contributed by atoms with Crippen molar-refractivity contribution in [3.8, 4) is 0 Å². The Hall–Kier alpha value is -1.35. The second-order valence-corrected chi connectivity index (χ2v) is 5.38. The van der Waals surface area contributed by atoms with E-state index < -0.39 is 0 Å². The van der Waals surface area contributed by atoms with Crippen LogP contribution >= 0.6 is 0 Å². The normalized spacial score (nSPS) is 26.6. The molecule has 17 heavy (non-hydrogen) atoms.